The molecule has 73 valence electrons. The van der Waals surface area contributed by atoms with Gasteiger partial charge in [0.2, 0.25) is 0 Å². The van der Waals surface area contributed by atoms with E-state index in [1.54, 1.807) is 0 Å². The summed E-state index contributed by atoms with van der Waals surface area (Å²) in [6.45, 7) is 2.90. The molecule has 0 aromatic heterocycles. The molecule has 0 atom stereocenters. The summed E-state index contributed by atoms with van der Waals surface area (Å²) in [7, 11) is -0.854. The van der Waals surface area contributed by atoms with Gasteiger partial charge in [-0.3, -0.25) is 0 Å². The molecule has 2 rings (SSSR count). The van der Waals surface area contributed by atoms with Crippen LogP contribution in [0.2, 0.25) is 0 Å². The van der Waals surface area contributed by atoms with E-state index < -0.39 is 9.04 Å². The summed E-state index contributed by atoms with van der Waals surface area (Å²) in [4.78, 5) is 0. The number of allylic oxidation sites excluding steroid dienone is 8. The fraction of sp³-hybridized carbons (Fsp3) is 0.333. The second kappa shape index (κ2) is 6.66. The molecule has 0 N–H and O–H groups in total. The SMILES string of the molecule is CCO[Si](C1=CC=CC1)C1=CC=CC1.[Na+]. The molecular formula is C12H15NaOSi+. The van der Waals surface area contributed by atoms with Crippen LogP contribution in [0.1, 0.15) is 19.8 Å². The average molecular weight is 226 g/mol. The van der Waals surface area contributed by atoms with Gasteiger partial charge in [-0.2, -0.15) is 0 Å². The molecule has 15 heavy (non-hydrogen) atoms. The summed E-state index contributed by atoms with van der Waals surface area (Å²) in [5, 5.41) is 2.98. The smallest absolute Gasteiger partial charge is 0.408 e. The van der Waals surface area contributed by atoms with Crippen molar-refractivity contribution in [1.82, 2.24) is 0 Å². The quantitative estimate of drug-likeness (QED) is 0.607. The normalized spacial score (nSPS) is 18.0. The van der Waals surface area contributed by atoms with Gasteiger partial charge in [-0.25, -0.2) is 0 Å². The molecule has 1 radical (unpaired) electrons. The topological polar surface area (TPSA) is 9.23 Å². The molecule has 0 saturated heterocycles. The van der Waals surface area contributed by atoms with E-state index in [4.69, 9.17) is 4.43 Å². The molecule has 0 saturated carbocycles. The summed E-state index contributed by atoms with van der Waals surface area (Å²) >= 11 is 0. The van der Waals surface area contributed by atoms with E-state index in [0.29, 0.717) is 0 Å². The molecule has 0 fully saturated rings. The van der Waals surface area contributed by atoms with E-state index >= 15 is 0 Å². The number of hydrogen-bond acceptors (Lipinski definition) is 1. The van der Waals surface area contributed by atoms with Crippen LogP contribution in [0.15, 0.2) is 46.8 Å². The van der Waals surface area contributed by atoms with E-state index in [2.05, 4.69) is 43.4 Å². The summed E-state index contributed by atoms with van der Waals surface area (Å²) < 4.78 is 5.90. The van der Waals surface area contributed by atoms with Crippen LogP contribution in [-0.2, 0) is 4.43 Å². The first-order chi connectivity index (χ1) is 6.92. The van der Waals surface area contributed by atoms with Crippen molar-refractivity contribution in [2.45, 2.75) is 19.8 Å². The Morgan fingerprint density at radius 3 is 2.00 bits per heavy atom. The largest absolute Gasteiger partial charge is 1.00 e. The molecule has 0 bridgehead atoms. The molecule has 1 nitrogen and oxygen atoms in total. The van der Waals surface area contributed by atoms with Crippen LogP contribution in [0.4, 0.5) is 0 Å². The van der Waals surface area contributed by atoms with Gasteiger partial charge >= 0.3 is 29.6 Å². The van der Waals surface area contributed by atoms with Gasteiger partial charge in [0.05, 0.1) is 0 Å². The van der Waals surface area contributed by atoms with Gasteiger partial charge in [0, 0.05) is 6.61 Å². The molecule has 0 heterocycles. The first-order valence-electron chi connectivity index (χ1n) is 5.13. The maximum atomic E-state index is 5.90. The zero-order chi connectivity index (χ0) is 9.80. The standard InChI is InChI=1S/C12H15OSi.Na/c1-2-13-14(11-7-3-4-8-11)12-9-5-6-10-12;/h3-7,9H,2,8,10H2,1H3;/q;+1. The molecule has 2 aliphatic carbocycles. The van der Waals surface area contributed by atoms with Gasteiger partial charge in [-0.15, -0.1) is 0 Å². The first kappa shape index (κ1) is 13.2. The van der Waals surface area contributed by atoms with Crippen LogP contribution in [-0.4, -0.2) is 15.6 Å². The molecule has 0 unspecified atom stereocenters. The summed E-state index contributed by atoms with van der Waals surface area (Å²) in [5.74, 6) is 0. The second-order valence-electron chi connectivity index (χ2n) is 3.41. The Bertz CT molecular complexity index is 299. The minimum Gasteiger partial charge on any atom is -0.408 e. The molecule has 0 spiro atoms. The van der Waals surface area contributed by atoms with Crippen molar-refractivity contribution in [3.63, 3.8) is 0 Å². The predicted molar refractivity (Wildman–Crippen MR) is 61.1 cm³/mol. The maximum absolute atomic E-state index is 5.90. The summed E-state index contributed by atoms with van der Waals surface area (Å²) in [5.41, 5.74) is 0. The van der Waals surface area contributed by atoms with Crippen LogP contribution in [0, 0.1) is 0 Å². The monoisotopic (exact) mass is 226 g/mol. The van der Waals surface area contributed by atoms with E-state index in [9.17, 15) is 0 Å². The fourth-order valence-corrected chi connectivity index (χ4v) is 3.94. The van der Waals surface area contributed by atoms with Crippen molar-refractivity contribution >= 4 is 9.04 Å². The third kappa shape index (κ3) is 3.30. The van der Waals surface area contributed by atoms with Crippen LogP contribution < -0.4 is 29.6 Å². The Kier molecular flexibility index (Phi) is 5.86. The van der Waals surface area contributed by atoms with Gasteiger partial charge in [0.1, 0.15) is 0 Å². The van der Waals surface area contributed by atoms with Crippen LogP contribution in [0.25, 0.3) is 0 Å². The molecule has 0 amide bonds. The van der Waals surface area contributed by atoms with E-state index in [1.807, 2.05) is 0 Å². The third-order valence-electron chi connectivity index (χ3n) is 2.41. The first-order valence-corrected chi connectivity index (χ1v) is 6.54. The molecular weight excluding hydrogens is 211 g/mol. The van der Waals surface area contributed by atoms with Gasteiger partial charge in [0.15, 0.2) is 0 Å². The zero-order valence-corrected chi connectivity index (χ0v) is 12.5. The Morgan fingerprint density at radius 1 is 1.13 bits per heavy atom. The summed E-state index contributed by atoms with van der Waals surface area (Å²) in [6.07, 6.45) is 15.3. The number of hydrogen-bond donors (Lipinski definition) is 0. The Balaban J connectivity index is 0.00000112. The zero-order valence-electron chi connectivity index (χ0n) is 9.49. The van der Waals surface area contributed by atoms with E-state index in [-0.39, 0.29) is 29.6 Å². The third-order valence-corrected chi connectivity index (χ3v) is 4.90. The van der Waals surface area contributed by atoms with E-state index in [0.717, 1.165) is 19.4 Å². The molecule has 3 heteroatoms. The van der Waals surface area contributed by atoms with Gasteiger partial charge in [0.25, 0.3) is 9.04 Å². The Hall–Kier alpha value is 0.137. The molecule has 2 aliphatic rings. The Morgan fingerprint density at radius 2 is 1.67 bits per heavy atom. The minimum atomic E-state index is -0.854. The summed E-state index contributed by atoms with van der Waals surface area (Å²) in [6, 6.07) is 0. The second-order valence-corrected chi connectivity index (χ2v) is 5.64. The van der Waals surface area contributed by atoms with Crippen molar-refractivity contribution in [3.05, 3.63) is 46.8 Å². The maximum Gasteiger partial charge on any atom is 1.00 e. The van der Waals surface area contributed by atoms with Crippen LogP contribution in [0.5, 0.6) is 0 Å². The van der Waals surface area contributed by atoms with Gasteiger partial charge < -0.3 is 4.43 Å². The minimum absolute atomic E-state index is 0. The Labute approximate surface area is 116 Å². The van der Waals surface area contributed by atoms with Crippen LogP contribution >= 0.6 is 0 Å². The average Bonchev–Trinajstić information content (AvgIpc) is 2.87. The van der Waals surface area contributed by atoms with Crippen LogP contribution in [0.3, 0.4) is 0 Å². The van der Waals surface area contributed by atoms with Crippen molar-refractivity contribution < 1.29 is 34.0 Å². The van der Waals surface area contributed by atoms with Gasteiger partial charge in [-0.05, 0) is 30.2 Å². The van der Waals surface area contributed by atoms with E-state index in [1.165, 1.54) is 10.4 Å². The van der Waals surface area contributed by atoms with Gasteiger partial charge in [-0.1, -0.05) is 36.5 Å². The van der Waals surface area contributed by atoms with Crippen molar-refractivity contribution in [1.29, 1.82) is 0 Å². The molecule has 0 aliphatic heterocycles. The molecule has 0 aromatic carbocycles. The molecule has 0 aromatic rings. The van der Waals surface area contributed by atoms with Crippen molar-refractivity contribution in [3.8, 4) is 0 Å². The number of rotatable bonds is 4. The van der Waals surface area contributed by atoms with Crippen molar-refractivity contribution in [2.75, 3.05) is 6.61 Å². The van der Waals surface area contributed by atoms with Crippen molar-refractivity contribution in [2.24, 2.45) is 0 Å². The fourth-order valence-electron chi connectivity index (χ4n) is 1.77. The predicted octanol–water partition coefficient (Wildman–Crippen LogP) is -0.131.